The number of aliphatic hydroxyl groups is 1. The number of amides is 1. The summed E-state index contributed by atoms with van der Waals surface area (Å²) in [6, 6.07) is 0. The van der Waals surface area contributed by atoms with Crippen LogP contribution in [0.2, 0.25) is 0 Å². The Labute approximate surface area is 222 Å². The van der Waals surface area contributed by atoms with Crippen LogP contribution < -0.4 is 5.32 Å². The number of aliphatic hydroxyl groups excluding tert-OH is 1. The predicted molar refractivity (Wildman–Crippen MR) is 130 cm³/mol. The van der Waals surface area contributed by atoms with Crippen molar-refractivity contribution in [2.75, 3.05) is 11.9 Å². The Balaban J connectivity index is 1.26. The van der Waals surface area contributed by atoms with Crippen molar-refractivity contribution in [2.24, 2.45) is 11.3 Å². The number of esters is 2. The number of halogens is 1. The normalized spacial score (nSPS) is 33.6. The molecular formula is C26H28FN5O7. The van der Waals surface area contributed by atoms with Crippen LogP contribution in [0.15, 0.2) is 6.33 Å². The Morgan fingerprint density at radius 3 is 2.64 bits per heavy atom. The fourth-order valence-corrected chi connectivity index (χ4v) is 6.27. The van der Waals surface area contributed by atoms with Gasteiger partial charge < -0.3 is 24.6 Å². The van der Waals surface area contributed by atoms with E-state index in [1.165, 1.54) is 10.9 Å². The van der Waals surface area contributed by atoms with Gasteiger partial charge in [0.05, 0.1) is 18.3 Å². The van der Waals surface area contributed by atoms with Crippen molar-refractivity contribution in [3.63, 3.8) is 0 Å². The van der Waals surface area contributed by atoms with E-state index in [1.54, 1.807) is 0 Å². The van der Waals surface area contributed by atoms with E-state index in [9.17, 15) is 23.9 Å². The minimum Gasteiger partial charge on any atom is -0.457 e. The zero-order valence-corrected chi connectivity index (χ0v) is 21.1. The number of cyclic esters (lactones) is 1. The van der Waals surface area contributed by atoms with Gasteiger partial charge in [-0.15, -0.1) is 6.42 Å². The summed E-state index contributed by atoms with van der Waals surface area (Å²) in [6.07, 6.45) is 8.73. The lowest BCUT2D eigenvalue weighted by atomic mass is 9.61. The first-order valence-electron chi connectivity index (χ1n) is 13.1. The van der Waals surface area contributed by atoms with Crippen LogP contribution in [-0.4, -0.2) is 66.9 Å². The van der Waals surface area contributed by atoms with E-state index in [2.05, 4.69) is 26.2 Å². The van der Waals surface area contributed by atoms with Gasteiger partial charge in [0.15, 0.2) is 28.7 Å². The maximum Gasteiger partial charge on any atom is 0.312 e. The summed E-state index contributed by atoms with van der Waals surface area (Å²) >= 11 is 0. The van der Waals surface area contributed by atoms with E-state index in [0.717, 1.165) is 38.5 Å². The van der Waals surface area contributed by atoms with E-state index in [-0.39, 0.29) is 42.2 Å². The third-order valence-electron chi connectivity index (χ3n) is 8.66. The molecular weight excluding hydrogens is 513 g/mol. The van der Waals surface area contributed by atoms with Crippen LogP contribution in [0.25, 0.3) is 11.2 Å². The number of fused-ring (bicyclic) bond motifs is 4. The molecule has 2 aliphatic heterocycles. The Bertz CT molecular complexity index is 1370. The van der Waals surface area contributed by atoms with Crippen LogP contribution in [-0.2, 0) is 28.6 Å². The predicted octanol–water partition coefficient (Wildman–Crippen LogP) is 1.77. The second kappa shape index (κ2) is 9.53. The number of nitrogens with one attached hydrogen (secondary N) is 1. The summed E-state index contributed by atoms with van der Waals surface area (Å²) in [5, 5.41) is 12.7. The van der Waals surface area contributed by atoms with Gasteiger partial charge in [-0.3, -0.25) is 19.0 Å². The number of hydrogen-bond donors (Lipinski definition) is 2. The SMILES string of the molecule is C#CC1(CO)OC(n2cnc3c(NC(=O)[C@H]4CCC(=O)O4)nc(F)nc32)CC1OC(=O)C12CCC(CC1)CC2. The number of aromatic nitrogens is 4. The summed E-state index contributed by atoms with van der Waals surface area (Å²) in [7, 11) is 0. The van der Waals surface area contributed by atoms with Crippen molar-refractivity contribution in [3.8, 4) is 12.3 Å². The number of carbonyl (C=O) groups excluding carboxylic acids is 3. The molecule has 4 heterocycles. The summed E-state index contributed by atoms with van der Waals surface area (Å²) in [5.41, 5.74) is -2.10. The highest BCUT2D eigenvalue weighted by atomic mass is 19.1. The average molecular weight is 542 g/mol. The summed E-state index contributed by atoms with van der Waals surface area (Å²) in [5.74, 6) is 1.43. The zero-order valence-electron chi connectivity index (χ0n) is 21.1. The van der Waals surface area contributed by atoms with Gasteiger partial charge in [0, 0.05) is 19.3 Å². The molecule has 2 aromatic heterocycles. The summed E-state index contributed by atoms with van der Waals surface area (Å²) in [6.45, 7) is -0.607. The highest BCUT2D eigenvalue weighted by Gasteiger charge is 2.54. The van der Waals surface area contributed by atoms with Gasteiger partial charge in [-0.1, -0.05) is 5.92 Å². The number of carbonyl (C=O) groups is 3. The van der Waals surface area contributed by atoms with E-state index >= 15 is 0 Å². The van der Waals surface area contributed by atoms with Gasteiger partial charge in [0.2, 0.25) is 0 Å². The molecule has 13 heteroatoms. The fourth-order valence-electron chi connectivity index (χ4n) is 6.27. The van der Waals surface area contributed by atoms with Crippen molar-refractivity contribution in [2.45, 2.75) is 81.8 Å². The molecule has 0 spiro atoms. The standard InChI is InChI=1S/C26H28FN5O7/c1-2-26(12-33)16(38-23(36)25-8-5-14(6-9-25)7-10-25)11-17(39-26)32-13-28-19-20(30-24(27)31-21(19)32)29-22(35)15-3-4-18(34)37-15/h1,13-17,33H,3-12H2,(H,29,30,31,35)/t14?,15-,16?,17?,25?,26?/m1/s1. The molecule has 12 nitrogen and oxygen atoms in total. The van der Waals surface area contributed by atoms with Crippen LogP contribution in [0.1, 0.15) is 64.0 Å². The second-order valence-electron chi connectivity index (χ2n) is 10.8. The number of anilines is 1. The molecule has 0 radical (unpaired) electrons. The molecule has 4 atom stereocenters. The monoisotopic (exact) mass is 541 g/mol. The minimum atomic E-state index is -1.62. The van der Waals surface area contributed by atoms with Gasteiger partial charge in [0.25, 0.3) is 5.91 Å². The quantitative estimate of drug-likeness (QED) is 0.314. The number of hydrogen-bond acceptors (Lipinski definition) is 10. The molecule has 2 N–H and O–H groups in total. The molecule has 2 bridgehead atoms. The molecule has 1 amide bonds. The largest absolute Gasteiger partial charge is 0.457 e. The molecule has 7 rings (SSSR count). The van der Waals surface area contributed by atoms with E-state index in [1.807, 2.05) is 0 Å². The molecule has 0 aromatic carbocycles. The Morgan fingerprint density at radius 1 is 1.26 bits per heavy atom. The molecule has 3 aliphatic carbocycles. The maximum absolute atomic E-state index is 14.5. The van der Waals surface area contributed by atoms with Crippen LogP contribution in [0.5, 0.6) is 0 Å². The van der Waals surface area contributed by atoms with E-state index in [0.29, 0.717) is 5.92 Å². The van der Waals surface area contributed by atoms with Crippen LogP contribution in [0, 0.1) is 29.8 Å². The van der Waals surface area contributed by atoms with Gasteiger partial charge in [-0.05, 0) is 44.4 Å². The van der Waals surface area contributed by atoms with Crippen LogP contribution in [0.3, 0.4) is 0 Å². The molecule has 2 aromatic rings. The van der Waals surface area contributed by atoms with Crippen molar-refractivity contribution in [1.29, 1.82) is 0 Å². The average Bonchev–Trinajstić information content (AvgIpc) is 3.67. The summed E-state index contributed by atoms with van der Waals surface area (Å²) in [4.78, 5) is 49.0. The smallest absolute Gasteiger partial charge is 0.312 e. The van der Waals surface area contributed by atoms with Crippen LogP contribution in [0.4, 0.5) is 10.2 Å². The van der Waals surface area contributed by atoms with Crippen molar-refractivity contribution >= 4 is 34.8 Å². The highest BCUT2D eigenvalue weighted by molar-refractivity contribution is 6.00. The molecule has 3 saturated carbocycles. The van der Waals surface area contributed by atoms with Crippen molar-refractivity contribution in [3.05, 3.63) is 12.4 Å². The lowest BCUT2D eigenvalue weighted by molar-refractivity contribution is -0.176. The third kappa shape index (κ3) is 4.31. The number of imidazole rings is 1. The van der Waals surface area contributed by atoms with E-state index in [4.69, 9.17) is 20.6 Å². The Morgan fingerprint density at radius 2 is 2.00 bits per heavy atom. The highest BCUT2D eigenvalue weighted by Crippen LogP contribution is 2.52. The first-order chi connectivity index (χ1) is 18.8. The lowest BCUT2D eigenvalue weighted by Crippen LogP contribution is -2.48. The van der Waals surface area contributed by atoms with E-state index < -0.39 is 54.0 Å². The topological polar surface area (TPSA) is 155 Å². The molecule has 39 heavy (non-hydrogen) atoms. The molecule has 206 valence electrons. The lowest BCUT2D eigenvalue weighted by Gasteiger charge is -2.45. The number of nitrogens with zero attached hydrogens (tertiary/aromatic N) is 4. The Hall–Kier alpha value is -3.63. The first-order valence-corrected chi connectivity index (χ1v) is 13.1. The zero-order chi connectivity index (χ0) is 27.4. The molecule has 5 aliphatic rings. The van der Waals surface area contributed by atoms with Gasteiger partial charge in [0.1, 0.15) is 12.3 Å². The van der Waals surface area contributed by atoms with Crippen molar-refractivity contribution < 1.29 is 38.1 Å². The summed E-state index contributed by atoms with van der Waals surface area (Å²) < 4.78 is 32.9. The van der Waals surface area contributed by atoms with Gasteiger partial charge in [-0.2, -0.15) is 14.4 Å². The number of ether oxygens (including phenoxy) is 3. The van der Waals surface area contributed by atoms with Gasteiger partial charge >= 0.3 is 18.0 Å². The maximum atomic E-state index is 14.5. The van der Waals surface area contributed by atoms with Gasteiger partial charge in [-0.25, -0.2) is 4.98 Å². The molecule has 5 fully saturated rings. The van der Waals surface area contributed by atoms with Crippen molar-refractivity contribution in [1.82, 2.24) is 19.5 Å². The second-order valence-corrected chi connectivity index (χ2v) is 10.8. The number of terminal acetylenes is 1. The van der Waals surface area contributed by atoms with Crippen LogP contribution >= 0.6 is 0 Å². The number of rotatable bonds is 6. The molecule has 2 saturated heterocycles. The Kier molecular flexibility index (Phi) is 6.27. The minimum absolute atomic E-state index is 0.00810. The third-order valence-corrected chi connectivity index (χ3v) is 8.66. The first kappa shape index (κ1) is 25.6. The molecule has 3 unspecified atom stereocenters. The fraction of sp³-hybridized carbons (Fsp3) is 0.615.